The lowest BCUT2D eigenvalue weighted by Gasteiger charge is -2.15. The number of aliphatic hydroxyl groups is 1. The van der Waals surface area contributed by atoms with E-state index in [1.165, 1.54) is 22.8 Å². The summed E-state index contributed by atoms with van der Waals surface area (Å²) in [6.45, 7) is 3.13. The number of carbonyl (C=O) groups excluding carboxylic acids is 2. The van der Waals surface area contributed by atoms with Gasteiger partial charge in [0.25, 0.3) is 5.91 Å². The van der Waals surface area contributed by atoms with Gasteiger partial charge in [-0.2, -0.15) is 18.3 Å². The first-order valence-corrected chi connectivity index (χ1v) is 10.4. The number of carbonyl (C=O) groups is 2. The molecule has 1 atom stereocenters. The number of aryl methyl sites for hydroxylation is 2. The quantitative estimate of drug-likeness (QED) is 0.430. The molecule has 0 saturated heterocycles. The second-order valence-corrected chi connectivity index (χ2v) is 7.71. The van der Waals surface area contributed by atoms with Gasteiger partial charge in [-0.15, -0.1) is 0 Å². The van der Waals surface area contributed by atoms with E-state index in [4.69, 9.17) is 10.5 Å². The molecule has 182 valence electrons. The van der Waals surface area contributed by atoms with Crippen LogP contribution in [-0.4, -0.2) is 50.8 Å². The summed E-state index contributed by atoms with van der Waals surface area (Å²) >= 11 is 0. The second-order valence-electron chi connectivity index (χ2n) is 7.71. The molecule has 34 heavy (non-hydrogen) atoms. The van der Waals surface area contributed by atoms with Crippen molar-refractivity contribution in [3.63, 3.8) is 0 Å². The number of hydrogen-bond donors (Lipinski definition) is 3. The van der Waals surface area contributed by atoms with E-state index >= 15 is 0 Å². The fraction of sp³-hybridized carbons (Fsp3) is 0.364. The van der Waals surface area contributed by atoms with Crippen LogP contribution in [0.15, 0.2) is 30.5 Å². The van der Waals surface area contributed by atoms with Gasteiger partial charge in [-0.25, -0.2) is 9.50 Å². The molecule has 0 bridgehead atoms. The molecule has 3 aromatic rings. The Labute approximate surface area is 192 Å². The number of nitrogens with zero attached hydrogens (tertiary/aromatic N) is 3. The van der Waals surface area contributed by atoms with Crippen molar-refractivity contribution in [3.05, 3.63) is 58.5 Å². The van der Waals surface area contributed by atoms with Gasteiger partial charge >= 0.3 is 6.18 Å². The Morgan fingerprint density at radius 1 is 1.29 bits per heavy atom. The largest absolute Gasteiger partial charge is 0.491 e. The van der Waals surface area contributed by atoms with Crippen LogP contribution in [0.25, 0.3) is 5.65 Å². The highest BCUT2D eigenvalue weighted by atomic mass is 19.4. The van der Waals surface area contributed by atoms with Crippen LogP contribution in [0, 0.1) is 13.8 Å². The predicted octanol–water partition coefficient (Wildman–Crippen LogP) is 1.95. The molecule has 3 rings (SSSR count). The third-order valence-electron chi connectivity index (χ3n) is 5.21. The number of fused-ring (bicyclic) bond motifs is 1. The highest BCUT2D eigenvalue weighted by Crippen LogP contribution is 2.31. The molecule has 0 fully saturated rings. The Balaban J connectivity index is 1.51. The van der Waals surface area contributed by atoms with Crippen LogP contribution in [0.2, 0.25) is 0 Å². The molecule has 2 heterocycles. The van der Waals surface area contributed by atoms with Crippen molar-refractivity contribution in [3.8, 4) is 5.75 Å². The molecule has 12 heteroatoms. The van der Waals surface area contributed by atoms with Gasteiger partial charge < -0.3 is 20.9 Å². The van der Waals surface area contributed by atoms with Crippen molar-refractivity contribution in [2.75, 3.05) is 13.2 Å². The summed E-state index contributed by atoms with van der Waals surface area (Å²) < 4.78 is 45.0. The maximum atomic E-state index is 12.8. The molecule has 0 radical (unpaired) electrons. The van der Waals surface area contributed by atoms with Crippen molar-refractivity contribution in [1.82, 2.24) is 19.9 Å². The molecule has 0 saturated carbocycles. The number of nitrogens with two attached hydrogens (primary N) is 1. The van der Waals surface area contributed by atoms with Crippen molar-refractivity contribution in [1.29, 1.82) is 0 Å². The number of nitrogens with one attached hydrogen (secondary N) is 1. The van der Waals surface area contributed by atoms with Crippen LogP contribution in [0.1, 0.15) is 39.3 Å². The van der Waals surface area contributed by atoms with Gasteiger partial charge in [-0.05, 0) is 44.0 Å². The lowest BCUT2D eigenvalue weighted by Crippen LogP contribution is -2.35. The number of aromatic nitrogens is 3. The van der Waals surface area contributed by atoms with Crippen LogP contribution >= 0.6 is 0 Å². The first kappa shape index (κ1) is 25.0. The molecule has 0 aliphatic heterocycles. The zero-order valence-electron chi connectivity index (χ0n) is 18.5. The van der Waals surface area contributed by atoms with E-state index < -0.39 is 23.8 Å². The minimum Gasteiger partial charge on any atom is -0.491 e. The van der Waals surface area contributed by atoms with Gasteiger partial charge in [-0.1, -0.05) is 6.07 Å². The van der Waals surface area contributed by atoms with Gasteiger partial charge in [0.1, 0.15) is 24.0 Å². The predicted molar refractivity (Wildman–Crippen MR) is 115 cm³/mol. The highest BCUT2D eigenvalue weighted by Gasteiger charge is 2.30. The number of halogens is 3. The molecule has 0 aliphatic carbocycles. The number of hydrogen-bond acceptors (Lipinski definition) is 6. The average Bonchev–Trinajstić information content (AvgIpc) is 3.20. The van der Waals surface area contributed by atoms with E-state index in [-0.39, 0.29) is 36.8 Å². The molecule has 1 aromatic carbocycles. The topological polar surface area (TPSA) is 132 Å². The molecular weight excluding hydrogens is 455 g/mol. The SMILES string of the molecule is Cc1nc2c(C(N)=O)cnn2c(C)c1CCC(=O)NCC(O)COc1cccc(C(F)(F)F)c1. The third kappa shape index (κ3) is 5.81. The van der Waals surface area contributed by atoms with Crippen molar-refractivity contribution < 1.29 is 32.6 Å². The number of alkyl halides is 3. The number of primary amides is 1. The van der Waals surface area contributed by atoms with Gasteiger partial charge in [0.2, 0.25) is 5.91 Å². The molecule has 1 unspecified atom stereocenters. The number of aliphatic hydroxyl groups excluding tert-OH is 1. The Kier molecular flexibility index (Phi) is 7.40. The number of rotatable bonds is 9. The number of amides is 2. The smallest absolute Gasteiger partial charge is 0.416 e. The summed E-state index contributed by atoms with van der Waals surface area (Å²) in [6, 6.07) is 4.32. The van der Waals surface area contributed by atoms with Crippen LogP contribution in [-0.2, 0) is 17.4 Å². The van der Waals surface area contributed by atoms with Crippen molar-refractivity contribution in [2.24, 2.45) is 5.73 Å². The van der Waals surface area contributed by atoms with Gasteiger partial charge in [-0.3, -0.25) is 9.59 Å². The molecule has 2 amide bonds. The molecule has 2 aromatic heterocycles. The van der Waals surface area contributed by atoms with E-state index in [1.807, 2.05) is 0 Å². The summed E-state index contributed by atoms with van der Waals surface area (Å²) in [5.41, 5.74) is 7.18. The van der Waals surface area contributed by atoms with Gasteiger partial charge in [0.05, 0.1) is 11.8 Å². The molecule has 9 nitrogen and oxygen atoms in total. The van der Waals surface area contributed by atoms with E-state index in [0.29, 0.717) is 17.8 Å². The Morgan fingerprint density at radius 2 is 2.03 bits per heavy atom. The molecular formula is C22H24F3N5O4. The fourth-order valence-corrected chi connectivity index (χ4v) is 3.42. The second kappa shape index (κ2) is 10.1. The van der Waals surface area contributed by atoms with Crippen LogP contribution in [0.3, 0.4) is 0 Å². The van der Waals surface area contributed by atoms with Crippen LogP contribution in [0.4, 0.5) is 13.2 Å². The van der Waals surface area contributed by atoms with E-state index in [9.17, 15) is 27.9 Å². The van der Waals surface area contributed by atoms with Crippen LogP contribution < -0.4 is 15.8 Å². The summed E-state index contributed by atoms with van der Waals surface area (Å²) in [6.07, 6.45) is -3.83. The molecule has 0 spiro atoms. The first-order chi connectivity index (χ1) is 16.0. The minimum atomic E-state index is -4.50. The molecule has 4 N–H and O–H groups in total. The first-order valence-electron chi connectivity index (χ1n) is 10.4. The maximum absolute atomic E-state index is 12.8. The minimum absolute atomic E-state index is 0.0350. The zero-order valence-corrected chi connectivity index (χ0v) is 18.5. The van der Waals surface area contributed by atoms with E-state index in [1.54, 1.807) is 13.8 Å². The fourth-order valence-electron chi connectivity index (χ4n) is 3.42. The summed E-state index contributed by atoms with van der Waals surface area (Å²) in [4.78, 5) is 28.1. The third-order valence-corrected chi connectivity index (χ3v) is 5.21. The normalized spacial score (nSPS) is 12.5. The Morgan fingerprint density at radius 3 is 2.71 bits per heavy atom. The van der Waals surface area contributed by atoms with Crippen molar-refractivity contribution >= 4 is 17.5 Å². The Hall–Kier alpha value is -3.67. The zero-order chi connectivity index (χ0) is 25.0. The summed E-state index contributed by atoms with van der Waals surface area (Å²) in [5, 5.41) is 16.7. The van der Waals surface area contributed by atoms with Gasteiger partial charge in [0, 0.05) is 24.4 Å². The van der Waals surface area contributed by atoms with E-state index in [2.05, 4.69) is 15.4 Å². The average molecular weight is 479 g/mol. The number of benzene rings is 1. The lowest BCUT2D eigenvalue weighted by molar-refractivity contribution is -0.137. The standard InChI is InChI=1S/C22H24F3N5O4/c1-12-17(13(2)30-21(29-12)18(10-28-30)20(26)33)6-7-19(32)27-9-15(31)11-34-16-5-3-4-14(8-16)22(23,24)25/h3-5,8,10,15,31H,6-7,9,11H2,1-2H3,(H2,26,33)(H,27,32). The van der Waals surface area contributed by atoms with Crippen LogP contribution in [0.5, 0.6) is 5.75 Å². The monoisotopic (exact) mass is 479 g/mol. The van der Waals surface area contributed by atoms with Gasteiger partial charge in [0.15, 0.2) is 5.65 Å². The van der Waals surface area contributed by atoms with E-state index in [0.717, 1.165) is 23.4 Å². The number of ether oxygens (including phenoxy) is 1. The highest BCUT2D eigenvalue weighted by molar-refractivity contribution is 5.98. The lowest BCUT2D eigenvalue weighted by atomic mass is 10.1. The van der Waals surface area contributed by atoms with Crippen molar-refractivity contribution in [2.45, 2.75) is 39.0 Å². The Bertz CT molecular complexity index is 1210. The summed E-state index contributed by atoms with van der Waals surface area (Å²) in [7, 11) is 0. The maximum Gasteiger partial charge on any atom is 0.416 e. The molecule has 0 aliphatic rings. The summed E-state index contributed by atoms with van der Waals surface area (Å²) in [5.74, 6) is -1.01.